The fourth-order valence-electron chi connectivity index (χ4n) is 0.527. The first-order chi connectivity index (χ1) is 5.24. The third-order valence-electron chi connectivity index (χ3n) is 1.05. The SMILES string of the molecule is CSc1ncc(C(=O)[O-])cn1. The van der Waals surface area contributed by atoms with E-state index in [2.05, 4.69) is 9.97 Å². The Morgan fingerprint density at radius 2 is 2.09 bits per heavy atom. The van der Waals surface area contributed by atoms with Crippen LogP contribution in [0.1, 0.15) is 10.4 Å². The molecule has 1 aromatic heterocycles. The van der Waals surface area contributed by atoms with E-state index in [-0.39, 0.29) is 5.56 Å². The zero-order valence-electron chi connectivity index (χ0n) is 5.77. The van der Waals surface area contributed by atoms with Crippen molar-refractivity contribution in [1.29, 1.82) is 0 Å². The van der Waals surface area contributed by atoms with Gasteiger partial charge in [-0.3, -0.25) is 0 Å². The second kappa shape index (κ2) is 3.34. The second-order valence-electron chi connectivity index (χ2n) is 1.75. The van der Waals surface area contributed by atoms with Crippen molar-refractivity contribution in [3.8, 4) is 0 Å². The highest BCUT2D eigenvalue weighted by atomic mass is 32.2. The van der Waals surface area contributed by atoms with Crippen LogP contribution in [0.15, 0.2) is 17.6 Å². The number of nitrogens with zero attached hydrogens (tertiary/aromatic N) is 2. The van der Waals surface area contributed by atoms with Gasteiger partial charge in [0.2, 0.25) is 0 Å². The molecule has 4 nitrogen and oxygen atoms in total. The highest BCUT2D eigenvalue weighted by Crippen LogP contribution is 2.05. The van der Waals surface area contributed by atoms with E-state index >= 15 is 0 Å². The summed E-state index contributed by atoms with van der Waals surface area (Å²) < 4.78 is 0. The van der Waals surface area contributed by atoms with Crippen molar-refractivity contribution in [3.63, 3.8) is 0 Å². The van der Waals surface area contributed by atoms with E-state index in [4.69, 9.17) is 0 Å². The third kappa shape index (κ3) is 1.91. The van der Waals surface area contributed by atoms with Crippen molar-refractivity contribution in [2.45, 2.75) is 5.16 Å². The van der Waals surface area contributed by atoms with E-state index in [1.54, 1.807) is 0 Å². The molecule has 0 atom stereocenters. The van der Waals surface area contributed by atoms with Crippen LogP contribution in [0.5, 0.6) is 0 Å². The molecule has 0 unspecified atom stereocenters. The fourth-order valence-corrected chi connectivity index (χ4v) is 0.843. The quantitative estimate of drug-likeness (QED) is 0.443. The number of carbonyl (C=O) groups excluding carboxylic acids is 1. The van der Waals surface area contributed by atoms with Crippen LogP contribution in [-0.2, 0) is 0 Å². The van der Waals surface area contributed by atoms with Crippen molar-refractivity contribution in [2.24, 2.45) is 0 Å². The molecular formula is C6H5N2O2S-. The number of rotatable bonds is 2. The molecule has 11 heavy (non-hydrogen) atoms. The maximum atomic E-state index is 10.2. The minimum absolute atomic E-state index is 0.00259. The molecule has 0 amide bonds. The van der Waals surface area contributed by atoms with Crippen LogP contribution < -0.4 is 5.11 Å². The number of carboxylic acid groups (broad SMARTS) is 1. The molecule has 5 heteroatoms. The standard InChI is InChI=1S/C6H6N2O2S/c1-11-6-7-2-4(3-8-6)5(9)10/h2-3H,1H3,(H,9,10)/p-1. The summed E-state index contributed by atoms with van der Waals surface area (Å²) in [4.78, 5) is 17.7. The van der Waals surface area contributed by atoms with Gasteiger partial charge in [0.1, 0.15) is 0 Å². The van der Waals surface area contributed by atoms with Crippen LogP contribution >= 0.6 is 11.8 Å². The van der Waals surface area contributed by atoms with Crippen molar-refractivity contribution in [3.05, 3.63) is 18.0 Å². The van der Waals surface area contributed by atoms with Crippen molar-refractivity contribution in [1.82, 2.24) is 9.97 Å². The lowest BCUT2D eigenvalue weighted by Crippen LogP contribution is -2.22. The topological polar surface area (TPSA) is 65.9 Å². The van der Waals surface area contributed by atoms with Gasteiger partial charge in [0.25, 0.3) is 0 Å². The minimum Gasteiger partial charge on any atom is -0.545 e. The van der Waals surface area contributed by atoms with Crippen LogP contribution in [0.4, 0.5) is 0 Å². The molecule has 0 aromatic carbocycles. The molecule has 1 rings (SSSR count). The molecule has 0 spiro atoms. The first-order valence-corrected chi connectivity index (χ1v) is 4.04. The van der Waals surface area contributed by atoms with E-state index in [1.807, 2.05) is 6.26 Å². The number of hydrogen-bond donors (Lipinski definition) is 0. The highest BCUT2D eigenvalue weighted by Gasteiger charge is 1.95. The van der Waals surface area contributed by atoms with E-state index in [0.29, 0.717) is 5.16 Å². The molecule has 0 radical (unpaired) electrons. The van der Waals surface area contributed by atoms with Gasteiger partial charge < -0.3 is 9.90 Å². The predicted octanol–water partition coefficient (Wildman–Crippen LogP) is -0.438. The van der Waals surface area contributed by atoms with Gasteiger partial charge in [-0.2, -0.15) is 0 Å². The summed E-state index contributed by atoms with van der Waals surface area (Å²) in [5.41, 5.74) is 0.00259. The zero-order chi connectivity index (χ0) is 8.27. The van der Waals surface area contributed by atoms with Crippen molar-refractivity contribution < 1.29 is 9.90 Å². The maximum Gasteiger partial charge on any atom is 0.187 e. The molecule has 0 fully saturated rings. The molecule has 0 bridgehead atoms. The lowest BCUT2D eigenvalue weighted by molar-refractivity contribution is -0.255. The van der Waals surface area contributed by atoms with Gasteiger partial charge >= 0.3 is 0 Å². The Morgan fingerprint density at radius 3 is 2.45 bits per heavy atom. The number of carbonyl (C=O) groups is 1. The van der Waals surface area contributed by atoms with Gasteiger partial charge in [-0.15, -0.1) is 0 Å². The summed E-state index contributed by atoms with van der Waals surface area (Å²) in [7, 11) is 0. The Hall–Kier alpha value is -1.10. The van der Waals surface area contributed by atoms with Crippen LogP contribution in [0.2, 0.25) is 0 Å². The Kier molecular flexibility index (Phi) is 2.43. The minimum atomic E-state index is -1.25. The predicted molar refractivity (Wildman–Crippen MR) is 38.1 cm³/mol. The molecular weight excluding hydrogens is 164 g/mol. The van der Waals surface area contributed by atoms with Gasteiger partial charge in [0, 0.05) is 18.0 Å². The third-order valence-corrected chi connectivity index (χ3v) is 1.62. The molecule has 0 aliphatic heterocycles. The number of aromatic carboxylic acids is 1. The molecule has 1 heterocycles. The molecule has 0 aliphatic carbocycles. The summed E-state index contributed by atoms with van der Waals surface area (Å²) in [6.07, 6.45) is 4.27. The summed E-state index contributed by atoms with van der Waals surface area (Å²) in [5.74, 6) is -1.25. The van der Waals surface area contributed by atoms with Crippen LogP contribution in [0.3, 0.4) is 0 Å². The summed E-state index contributed by atoms with van der Waals surface area (Å²) in [5, 5.41) is 10.8. The normalized spacial score (nSPS) is 9.55. The molecule has 0 saturated carbocycles. The first kappa shape index (κ1) is 8.00. The largest absolute Gasteiger partial charge is 0.545 e. The van der Waals surface area contributed by atoms with Crippen LogP contribution in [-0.4, -0.2) is 22.2 Å². The molecule has 1 aromatic rings. The fraction of sp³-hybridized carbons (Fsp3) is 0.167. The lowest BCUT2D eigenvalue weighted by Gasteiger charge is -1.99. The number of thioether (sulfide) groups is 1. The van der Waals surface area contributed by atoms with Crippen LogP contribution in [0.25, 0.3) is 0 Å². The van der Waals surface area contributed by atoms with E-state index < -0.39 is 5.97 Å². The Balaban J connectivity index is 2.91. The molecule has 0 N–H and O–H groups in total. The summed E-state index contributed by atoms with van der Waals surface area (Å²) in [6.45, 7) is 0. The average molecular weight is 169 g/mol. The Labute approximate surface area is 67.7 Å². The molecule has 0 saturated heterocycles. The van der Waals surface area contributed by atoms with Gasteiger partial charge in [-0.1, -0.05) is 11.8 Å². The molecule has 58 valence electrons. The van der Waals surface area contributed by atoms with E-state index in [9.17, 15) is 9.90 Å². The van der Waals surface area contributed by atoms with Crippen LogP contribution in [0, 0.1) is 0 Å². The number of hydrogen-bond acceptors (Lipinski definition) is 5. The summed E-state index contributed by atoms with van der Waals surface area (Å²) >= 11 is 1.35. The monoisotopic (exact) mass is 169 g/mol. The van der Waals surface area contributed by atoms with Gasteiger partial charge in [0.15, 0.2) is 5.16 Å². The van der Waals surface area contributed by atoms with E-state index in [0.717, 1.165) is 0 Å². The van der Waals surface area contributed by atoms with Crippen molar-refractivity contribution >= 4 is 17.7 Å². The van der Waals surface area contributed by atoms with Crippen molar-refractivity contribution in [2.75, 3.05) is 6.26 Å². The van der Waals surface area contributed by atoms with Gasteiger partial charge in [-0.05, 0) is 6.26 Å². The summed E-state index contributed by atoms with van der Waals surface area (Å²) in [6, 6.07) is 0. The highest BCUT2D eigenvalue weighted by molar-refractivity contribution is 7.98. The first-order valence-electron chi connectivity index (χ1n) is 2.81. The van der Waals surface area contributed by atoms with E-state index in [1.165, 1.54) is 24.2 Å². The number of carboxylic acids is 1. The number of aromatic nitrogens is 2. The Bertz CT molecular complexity index is 260. The molecule has 0 aliphatic rings. The van der Waals surface area contributed by atoms with Gasteiger partial charge in [-0.25, -0.2) is 9.97 Å². The second-order valence-corrected chi connectivity index (χ2v) is 2.52. The van der Waals surface area contributed by atoms with Gasteiger partial charge in [0.05, 0.1) is 5.97 Å². The lowest BCUT2D eigenvalue weighted by atomic mass is 10.4. The smallest absolute Gasteiger partial charge is 0.187 e. The maximum absolute atomic E-state index is 10.2. The Morgan fingerprint density at radius 1 is 1.55 bits per heavy atom. The average Bonchev–Trinajstić information content (AvgIpc) is 2.05. The zero-order valence-corrected chi connectivity index (χ0v) is 6.59.